The second-order valence-corrected chi connectivity index (χ2v) is 4.73. The highest BCUT2D eigenvalue weighted by Gasteiger charge is 2.16. The van der Waals surface area contributed by atoms with Gasteiger partial charge in [-0.05, 0) is 18.6 Å². The maximum absolute atomic E-state index is 13.6. The van der Waals surface area contributed by atoms with E-state index in [-0.39, 0.29) is 17.6 Å². The molecule has 2 aromatic rings. The summed E-state index contributed by atoms with van der Waals surface area (Å²) in [5.74, 6) is 0.331. The van der Waals surface area contributed by atoms with E-state index in [1.807, 2.05) is 6.92 Å². The molecule has 0 aliphatic rings. The summed E-state index contributed by atoms with van der Waals surface area (Å²) >= 11 is 11.9. The zero-order valence-electron chi connectivity index (χ0n) is 9.66. The molecular formula is C12H11Cl2FN2O. The molecule has 0 saturated carbocycles. The average Bonchev–Trinajstić information content (AvgIpc) is 2.81. The quantitative estimate of drug-likeness (QED) is 0.794. The van der Waals surface area contributed by atoms with E-state index < -0.39 is 0 Å². The van der Waals surface area contributed by atoms with Crippen LogP contribution in [0.5, 0.6) is 0 Å². The molecule has 3 nitrogen and oxygen atoms in total. The highest BCUT2D eigenvalue weighted by Crippen LogP contribution is 2.24. The molecule has 0 amide bonds. The van der Waals surface area contributed by atoms with E-state index in [0.717, 1.165) is 0 Å². The Morgan fingerprint density at radius 1 is 1.44 bits per heavy atom. The van der Waals surface area contributed by atoms with Crippen molar-refractivity contribution in [2.45, 2.75) is 25.1 Å². The molecule has 1 unspecified atom stereocenters. The molecule has 0 radical (unpaired) electrons. The topological polar surface area (TPSA) is 38.9 Å². The number of benzene rings is 1. The van der Waals surface area contributed by atoms with Gasteiger partial charge in [-0.2, -0.15) is 4.98 Å². The lowest BCUT2D eigenvalue weighted by molar-refractivity contribution is 0.377. The second kappa shape index (κ2) is 5.67. The van der Waals surface area contributed by atoms with Crippen LogP contribution < -0.4 is 0 Å². The number of hydrogen-bond acceptors (Lipinski definition) is 3. The average molecular weight is 289 g/mol. The normalized spacial score (nSPS) is 12.7. The number of alkyl halides is 1. The number of aromatic nitrogens is 2. The van der Waals surface area contributed by atoms with Gasteiger partial charge in [-0.1, -0.05) is 29.7 Å². The Morgan fingerprint density at radius 3 is 2.89 bits per heavy atom. The first-order valence-corrected chi connectivity index (χ1v) is 6.32. The molecule has 0 aliphatic heterocycles. The molecule has 6 heteroatoms. The summed E-state index contributed by atoms with van der Waals surface area (Å²) in [5, 5.41) is 3.81. The van der Waals surface area contributed by atoms with Crippen LogP contribution in [0.1, 0.15) is 36.0 Å². The Hall–Kier alpha value is -1.13. The van der Waals surface area contributed by atoms with E-state index in [0.29, 0.717) is 28.7 Å². The molecule has 1 aromatic heterocycles. The molecule has 0 N–H and O–H groups in total. The van der Waals surface area contributed by atoms with Crippen LogP contribution in [0, 0.1) is 5.82 Å². The minimum Gasteiger partial charge on any atom is -0.339 e. The van der Waals surface area contributed by atoms with Crippen LogP contribution in [-0.4, -0.2) is 10.1 Å². The molecule has 1 aromatic carbocycles. The van der Waals surface area contributed by atoms with Gasteiger partial charge in [0.2, 0.25) is 5.89 Å². The summed E-state index contributed by atoms with van der Waals surface area (Å²) in [5.41, 5.74) is 0.344. The van der Waals surface area contributed by atoms with E-state index >= 15 is 0 Å². The Labute approximate surface area is 114 Å². The summed E-state index contributed by atoms with van der Waals surface area (Å²) in [6, 6.07) is 4.51. The third-order valence-corrected chi connectivity index (χ3v) is 3.37. The van der Waals surface area contributed by atoms with Crippen LogP contribution in [0.3, 0.4) is 0 Å². The molecule has 1 heterocycles. The van der Waals surface area contributed by atoms with Gasteiger partial charge in [-0.3, -0.25) is 0 Å². The van der Waals surface area contributed by atoms with Gasteiger partial charge in [0, 0.05) is 10.6 Å². The van der Waals surface area contributed by atoms with Gasteiger partial charge < -0.3 is 4.52 Å². The maximum Gasteiger partial charge on any atom is 0.231 e. The molecule has 0 bridgehead atoms. The summed E-state index contributed by atoms with van der Waals surface area (Å²) in [7, 11) is 0. The summed E-state index contributed by atoms with van der Waals surface area (Å²) in [6.45, 7) is 1.92. The summed E-state index contributed by atoms with van der Waals surface area (Å²) in [4.78, 5) is 4.12. The first-order valence-electron chi connectivity index (χ1n) is 5.51. The molecular weight excluding hydrogens is 278 g/mol. The summed E-state index contributed by atoms with van der Waals surface area (Å²) < 4.78 is 18.6. The van der Waals surface area contributed by atoms with Crippen molar-refractivity contribution in [1.29, 1.82) is 0 Å². The smallest absolute Gasteiger partial charge is 0.231 e. The number of rotatable bonds is 4. The van der Waals surface area contributed by atoms with Crippen molar-refractivity contribution in [2.24, 2.45) is 0 Å². The van der Waals surface area contributed by atoms with Crippen LogP contribution in [-0.2, 0) is 6.42 Å². The Morgan fingerprint density at radius 2 is 2.22 bits per heavy atom. The fraction of sp³-hybridized carbons (Fsp3) is 0.333. The lowest BCUT2D eigenvalue weighted by atomic mass is 10.1. The molecule has 0 saturated heterocycles. The lowest BCUT2D eigenvalue weighted by Crippen LogP contribution is -1.95. The molecule has 18 heavy (non-hydrogen) atoms. The van der Waals surface area contributed by atoms with E-state index in [1.165, 1.54) is 6.07 Å². The van der Waals surface area contributed by atoms with Gasteiger partial charge in [-0.15, -0.1) is 11.6 Å². The van der Waals surface area contributed by atoms with Crippen molar-refractivity contribution in [3.63, 3.8) is 0 Å². The van der Waals surface area contributed by atoms with Crippen LogP contribution in [0.15, 0.2) is 22.7 Å². The predicted molar refractivity (Wildman–Crippen MR) is 67.4 cm³/mol. The van der Waals surface area contributed by atoms with Crippen molar-refractivity contribution in [3.05, 3.63) is 46.3 Å². The first-order chi connectivity index (χ1) is 8.61. The van der Waals surface area contributed by atoms with E-state index in [2.05, 4.69) is 10.1 Å². The van der Waals surface area contributed by atoms with Crippen molar-refractivity contribution < 1.29 is 8.91 Å². The summed E-state index contributed by atoms with van der Waals surface area (Å²) in [6.07, 6.45) is 0.854. The highest BCUT2D eigenvalue weighted by molar-refractivity contribution is 6.31. The Kier molecular flexibility index (Phi) is 4.19. The number of hydrogen-bond donors (Lipinski definition) is 0. The van der Waals surface area contributed by atoms with Crippen LogP contribution in [0.2, 0.25) is 5.02 Å². The van der Waals surface area contributed by atoms with Crippen molar-refractivity contribution in [3.8, 4) is 0 Å². The largest absolute Gasteiger partial charge is 0.339 e. The second-order valence-electron chi connectivity index (χ2n) is 3.80. The maximum atomic E-state index is 13.6. The van der Waals surface area contributed by atoms with Gasteiger partial charge in [-0.25, -0.2) is 4.39 Å². The van der Waals surface area contributed by atoms with E-state index in [1.54, 1.807) is 12.1 Å². The monoisotopic (exact) mass is 288 g/mol. The standard InChI is InChI=1S/C12H11Cl2FN2O/c1-2-8(13)12-16-11(18-17-12)6-7-9(14)4-3-5-10(7)15/h3-5,8H,2,6H2,1H3. The van der Waals surface area contributed by atoms with E-state index in [9.17, 15) is 4.39 Å². The minimum atomic E-state index is -0.389. The predicted octanol–water partition coefficient (Wildman–Crippen LogP) is 4.14. The van der Waals surface area contributed by atoms with Gasteiger partial charge in [0.25, 0.3) is 0 Å². The van der Waals surface area contributed by atoms with Gasteiger partial charge >= 0.3 is 0 Å². The van der Waals surface area contributed by atoms with Gasteiger partial charge in [0.15, 0.2) is 5.82 Å². The Balaban J connectivity index is 2.21. The third-order valence-electron chi connectivity index (χ3n) is 2.51. The van der Waals surface area contributed by atoms with Crippen molar-refractivity contribution in [1.82, 2.24) is 10.1 Å². The van der Waals surface area contributed by atoms with Gasteiger partial charge in [0.1, 0.15) is 5.82 Å². The fourth-order valence-electron chi connectivity index (χ4n) is 1.50. The van der Waals surface area contributed by atoms with E-state index in [4.69, 9.17) is 27.7 Å². The van der Waals surface area contributed by atoms with Gasteiger partial charge in [0.05, 0.1) is 11.8 Å². The first kappa shape index (κ1) is 13.3. The number of halogens is 3. The van der Waals surface area contributed by atoms with Crippen molar-refractivity contribution >= 4 is 23.2 Å². The molecule has 0 fully saturated rings. The van der Waals surface area contributed by atoms with Crippen LogP contribution >= 0.6 is 23.2 Å². The lowest BCUT2D eigenvalue weighted by Gasteiger charge is -2.01. The minimum absolute atomic E-state index is 0.159. The zero-order valence-corrected chi connectivity index (χ0v) is 11.2. The molecule has 96 valence electrons. The molecule has 0 aliphatic carbocycles. The number of nitrogens with zero attached hydrogens (tertiary/aromatic N) is 2. The zero-order chi connectivity index (χ0) is 13.1. The highest BCUT2D eigenvalue weighted by atomic mass is 35.5. The SMILES string of the molecule is CCC(Cl)c1noc(Cc2c(F)cccc2Cl)n1. The molecule has 1 atom stereocenters. The van der Waals surface area contributed by atoms with Crippen molar-refractivity contribution in [2.75, 3.05) is 0 Å². The van der Waals surface area contributed by atoms with Crippen LogP contribution in [0.4, 0.5) is 4.39 Å². The third kappa shape index (κ3) is 2.82. The Bertz CT molecular complexity index is 524. The molecule has 2 rings (SSSR count). The molecule has 0 spiro atoms. The van der Waals surface area contributed by atoms with Crippen LogP contribution in [0.25, 0.3) is 0 Å². The fourth-order valence-corrected chi connectivity index (χ4v) is 1.82.